The molecule has 0 saturated heterocycles. The van der Waals surface area contributed by atoms with Crippen molar-refractivity contribution in [3.63, 3.8) is 0 Å². The molecule has 116 valence electrons. The van der Waals surface area contributed by atoms with Crippen LogP contribution < -0.4 is 15.4 Å². The van der Waals surface area contributed by atoms with Gasteiger partial charge in [0.2, 0.25) is 10.0 Å². The zero-order valence-corrected chi connectivity index (χ0v) is 12.9. The van der Waals surface area contributed by atoms with Crippen LogP contribution in [-0.4, -0.2) is 40.2 Å². The molecule has 1 aliphatic heterocycles. The first kappa shape index (κ1) is 15.9. The molecule has 1 aliphatic rings. The van der Waals surface area contributed by atoms with Crippen molar-refractivity contribution in [3.05, 3.63) is 34.9 Å². The summed E-state index contributed by atoms with van der Waals surface area (Å²) in [4.78, 5) is 12.0. The molecule has 0 unspecified atom stereocenters. The van der Waals surface area contributed by atoms with Gasteiger partial charge in [0.25, 0.3) is 5.91 Å². The number of rotatable bonds is 6. The Morgan fingerprint density at radius 1 is 1.29 bits per heavy atom. The van der Waals surface area contributed by atoms with Crippen molar-refractivity contribution in [1.82, 2.24) is 15.4 Å². The second kappa shape index (κ2) is 7.02. The summed E-state index contributed by atoms with van der Waals surface area (Å²) in [6.45, 7) is 2.55. The van der Waals surface area contributed by atoms with E-state index in [4.69, 9.17) is 0 Å². The first-order chi connectivity index (χ1) is 9.96. The molecule has 2 rings (SSSR count). The minimum atomic E-state index is -3.16. The van der Waals surface area contributed by atoms with Gasteiger partial charge in [-0.1, -0.05) is 6.07 Å². The fourth-order valence-electron chi connectivity index (χ4n) is 2.27. The lowest BCUT2D eigenvalue weighted by Gasteiger charge is -2.17. The van der Waals surface area contributed by atoms with Crippen LogP contribution in [0.15, 0.2) is 18.2 Å². The van der Waals surface area contributed by atoms with Gasteiger partial charge >= 0.3 is 0 Å². The van der Waals surface area contributed by atoms with Crippen molar-refractivity contribution in [1.29, 1.82) is 0 Å². The molecule has 0 saturated carbocycles. The average Bonchev–Trinajstić information content (AvgIpc) is 2.45. The predicted molar refractivity (Wildman–Crippen MR) is 81.6 cm³/mol. The Hall–Kier alpha value is -1.44. The molecule has 0 fully saturated rings. The van der Waals surface area contributed by atoms with Crippen LogP contribution in [0.2, 0.25) is 0 Å². The summed E-state index contributed by atoms with van der Waals surface area (Å²) in [7, 11) is -3.16. The van der Waals surface area contributed by atoms with E-state index in [2.05, 4.69) is 15.4 Å². The van der Waals surface area contributed by atoms with Gasteiger partial charge in [0.05, 0.1) is 6.26 Å². The Balaban J connectivity index is 1.81. The molecular formula is C14H21N3O3S. The molecule has 0 aromatic heterocycles. The van der Waals surface area contributed by atoms with Gasteiger partial charge in [0, 0.05) is 25.2 Å². The summed E-state index contributed by atoms with van der Waals surface area (Å²) in [5, 5.41) is 6.08. The van der Waals surface area contributed by atoms with Gasteiger partial charge in [-0.3, -0.25) is 4.79 Å². The van der Waals surface area contributed by atoms with Crippen molar-refractivity contribution < 1.29 is 13.2 Å². The molecule has 6 nitrogen and oxygen atoms in total. The van der Waals surface area contributed by atoms with Crippen molar-refractivity contribution in [2.45, 2.75) is 19.4 Å². The first-order valence-electron chi connectivity index (χ1n) is 7.01. The highest BCUT2D eigenvalue weighted by Gasteiger charge is 2.12. The maximum absolute atomic E-state index is 12.0. The molecule has 1 heterocycles. The standard InChI is InChI=1S/C14H21N3O3S/c1-21(19,20)17-7-2-6-16-14(18)12-4-3-11-5-8-15-10-13(11)9-12/h3-4,9,15,17H,2,5-8,10H2,1H3,(H,16,18). The number of hydrogen-bond donors (Lipinski definition) is 3. The Labute approximate surface area is 125 Å². The van der Waals surface area contributed by atoms with E-state index in [1.54, 1.807) is 0 Å². The highest BCUT2D eigenvalue weighted by atomic mass is 32.2. The fraction of sp³-hybridized carbons (Fsp3) is 0.500. The van der Waals surface area contributed by atoms with E-state index < -0.39 is 10.0 Å². The third kappa shape index (κ3) is 5.11. The number of benzene rings is 1. The highest BCUT2D eigenvalue weighted by molar-refractivity contribution is 7.88. The van der Waals surface area contributed by atoms with Crippen LogP contribution in [-0.2, 0) is 23.0 Å². The number of sulfonamides is 1. The monoisotopic (exact) mass is 311 g/mol. The van der Waals surface area contributed by atoms with Crippen molar-refractivity contribution in [2.75, 3.05) is 25.9 Å². The first-order valence-corrected chi connectivity index (χ1v) is 8.90. The Morgan fingerprint density at radius 3 is 2.86 bits per heavy atom. The molecule has 0 atom stereocenters. The van der Waals surface area contributed by atoms with Crippen molar-refractivity contribution in [2.24, 2.45) is 0 Å². The number of carbonyl (C=O) groups is 1. The predicted octanol–water partition coefficient (Wildman–Crippen LogP) is 0.00140. The normalized spacial score (nSPS) is 14.5. The van der Waals surface area contributed by atoms with Crippen LogP contribution in [0, 0.1) is 0 Å². The van der Waals surface area contributed by atoms with E-state index in [1.165, 1.54) is 11.1 Å². The Morgan fingerprint density at radius 2 is 2.10 bits per heavy atom. The molecule has 1 aromatic rings. The third-order valence-electron chi connectivity index (χ3n) is 3.36. The topological polar surface area (TPSA) is 87.3 Å². The van der Waals surface area contributed by atoms with E-state index in [-0.39, 0.29) is 5.91 Å². The highest BCUT2D eigenvalue weighted by Crippen LogP contribution is 2.15. The van der Waals surface area contributed by atoms with Crippen LogP contribution in [0.4, 0.5) is 0 Å². The van der Waals surface area contributed by atoms with Crippen LogP contribution >= 0.6 is 0 Å². The van der Waals surface area contributed by atoms with Gasteiger partial charge < -0.3 is 10.6 Å². The van der Waals surface area contributed by atoms with E-state index in [1.807, 2.05) is 18.2 Å². The number of carbonyl (C=O) groups excluding carboxylic acids is 1. The van der Waals surface area contributed by atoms with Crippen LogP contribution in [0.25, 0.3) is 0 Å². The van der Waals surface area contributed by atoms with E-state index in [9.17, 15) is 13.2 Å². The summed E-state index contributed by atoms with van der Waals surface area (Å²) >= 11 is 0. The van der Waals surface area contributed by atoms with Crippen LogP contribution in [0.3, 0.4) is 0 Å². The second-order valence-corrected chi connectivity index (χ2v) is 7.02. The van der Waals surface area contributed by atoms with E-state index in [0.29, 0.717) is 25.1 Å². The van der Waals surface area contributed by atoms with Gasteiger partial charge in [0.1, 0.15) is 0 Å². The molecule has 3 N–H and O–H groups in total. The number of nitrogens with one attached hydrogen (secondary N) is 3. The van der Waals surface area contributed by atoms with Gasteiger partial charge in [-0.2, -0.15) is 0 Å². The van der Waals surface area contributed by atoms with E-state index >= 15 is 0 Å². The second-order valence-electron chi connectivity index (χ2n) is 5.19. The lowest BCUT2D eigenvalue weighted by atomic mass is 9.98. The molecule has 7 heteroatoms. The van der Waals surface area contributed by atoms with Gasteiger partial charge in [-0.15, -0.1) is 0 Å². The molecule has 21 heavy (non-hydrogen) atoms. The third-order valence-corrected chi connectivity index (χ3v) is 4.09. The van der Waals surface area contributed by atoms with Gasteiger partial charge in [0.15, 0.2) is 0 Å². The summed E-state index contributed by atoms with van der Waals surface area (Å²) < 4.78 is 24.2. The van der Waals surface area contributed by atoms with Crippen LogP contribution in [0.1, 0.15) is 27.9 Å². The maximum atomic E-state index is 12.0. The number of hydrogen-bond acceptors (Lipinski definition) is 4. The molecule has 0 radical (unpaired) electrons. The lowest BCUT2D eigenvalue weighted by molar-refractivity contribution is 0.0953. The number of fused-ring (bicyclic) bond motifs is 1. The summed E-state index contributed by atoms with van der Waals surface area (Å²) in [5.41, 5.74) is 3.11. The number of amides is 1. The molecule has 0 bridgehead atoms. The van der Waals surface area contributed by atoms with Gasteiger partial charge in [-0.25, -0.2) is 13.1 Å². The van der Waals surface area contributed by atoms with Crippen molar-refractivity contribution in [3.8, 4) is 0 Å². The lowest BCUT2D eigenvalue weighted by Crippen LogP contribution is -2.30. The minimum Gasteiger partial charge on any atom is -0.352 e. The smallest absolute Gasteiger partial charge is 0.251 e. The largest absolute Gasteiger partial charge is 0.352 e. The zero-order valence-electron chi connectivity index (χ0n) is 12.1. The quantitative estimate of drug-likeness (QED) is 0.646. The average molecular weight is 311 g/mol. The molecule has 1 aromatic carbocycles. The van der Waals surface area contributed by atoms with Gasteiger partial charge in [-0.05, 0) is 42.6 Å². The Kier molecular flexibility index (Phi) is 5.33. The molecule has 0 aliphatic carbocycles. The van der Waals surface area contributed by atoms with E-state index in [0.717, 1.165) is 25.8 Å². The summed E-state index contributed by atoms with van der Waals surface area (Å²) in [5.74, 6) is -0.122. The molecular weight excluding hydrogens is 290 g/mol. The fourth-order valence-corrected chi connectivity index (χ4v) is 2.79. The minimum absolute atomic E-state index is 0.122. The Bertz CT molecular complexity index is 614. The molecule has 1 amide bonds. The van der Waals surface area contributed by atoms with Crippen LogP contribution in [0.5, 0.6) is 0 Å². The molecule has 0 spiro atoms. The zero-order chi connectivity index (χ0) is 15.3. The van der Waals surface area contributed by atoms with Crippen molar-refractivity contribution >= 4 is 15.9 Å². The SMILES string of the molecule is CS(=O)(=O)NCCCNC(=O)c1ccc2c(c1)CNCC2. The summed E-state index contributed by atoms with van der Waals surface area (Å²) in [6.07, 6.45) is 2.67. The maximum Gasteiger partial charge on any atom is 0.251 e. The summed E-state index contributed by atoms with van der Waals surface area (Å²) in [6, 6.07) is 5.77.